The van der Waals surface area contributed by atoms with Crippen LogP contribution in [0.25, 0.3) is 0 Å². The van der Waals surface area contributed by atoms with Gasteiger partial charge in [0.1, 0.15) is 5.76 Å². The molecule has 0 saturated carbocycles. The highest BCUT2D eigenvalue weighted by Gasteiger charge is 2.22. The van der Waals surface area contributed by atoms with E-state index in [2.05, 4.69) is 40.7 Å². The van der Waals surface area contributed by atoms with Gasteiger partial charge in [-0.15, -0.1) is 24.0 Å². The zero-order chi connectivity index (χ0) is 15.9. The summed E-state index contributed by atoms with van der Waals surface area (Å²) in [5.41, 5.74) is 2.68. The van der Waals surface area contributed by atoms with Crippen LogP contribution in [0.4, 0.5) is 5.69 Å². The van der Waals surface area contributed by atoms with E-state index in [4.69, 9.17) is 9.41 Å². The topological polar surface area (TPSA) is 40.8 Å². The summed E-state index contributed by atoms with van der Waals surface area (Å²) in [5, 5.41) is 3.51. The Morgan fingerprint density at radius 2 is 2.17 bits per heavy atom. The Balaban J connectivity index is 0.00000208. The van der Waals surface area contributed by atoms with Gasteiger partial charge >= 0.3 is 0 Å². The fourth-order valence-corrected chi connectivity index (χ4v) is 3.06. The van der Waals surface area contributed by atoms with Crippen LogP contribution in [-0.4, -0.2) is 37.6 Å². The number of benzene rings is 1. The van der Waals surface area contributed by atoms with Gasteiger partial charge in [0, 0.05) is 31.0 Å². The quantitative estimate of drug-likeness (QED) is 0.310. The van der Waals surface area contributed by atoms with Crippen LogP contribution in [0.5, 0.6) is 0 Å². The molecule has 0 saturated heterocycles. The molecule has 0 radical (unpaired) electrons. The Labute approximate surface area is 165 Å². The number of hydrogen-bond donors (Lipinski definition) is 1. The molecule has 1 N–H and O–H groups in total. The van der Waals surface area contributed by atoms with Crippen molar-refractivity contribution in [2.24, 2.45) is 4.99 Å². The predicted molar refractivity (Wildman–Crippen MR) is 114 cm³/mol. The Morgan fingerprint density at radius 1 is 1.29 bits per heavy atom. The molecule has 2 heterocycles. The van der Waals surface area contributed by atoms with Crippen LogP contribution < -0.4 is 10.2 Å². The lowest BCUT2D eigenvalue weighted by atomic mass is 10.2. The number of nitrogens with zero attached hydrogens (tertiary/aromatic N) is 2. The first-order valence-electron chi connectivity index (χ1n) is 8.03. The molecule has 0 spiro atoms. The van der Waals surface area contributed by atoms with Gasteiger partial charge in [0.05, 0.1) is 12.8 Å². The SMILES string of the molecule is CSCCN=C(NCCc1ccco1)N1CCc2ccccc21.I. The van der Waals surface area contributed by atoms with E-state index in [1.165, 1.54) is 11.3 Å². The normalized spacial score (nSPS) is 13.5. The molecule has 0 unspecified atom stereocenters. The zero-order valence-electron chi connectivity index (χ0n) is 13.9. The highest BCUT2D eigenvalue weighted by Crippen LogP contribution is 2.27. The number of hydrogen-bond acceptors (Lipinski definition) is 3. The number of furan rings is 1. The monoisotopic (exact) mass is 457 g/mol. The van der Waals surface area contributed by atoms with Crippen molar-refractivity contribution in [1.29, 1.82) is 0 Å². The number of aliphatic imine (C=N–C) groups is 1. The van der Waals surface area contributed by atoms with Crippen molar-refractivity contribution in [2.75, 3.05) is 36.5 Å². The van der Waals surface area contributed by atoms with E-state index in [9.17, 15) is 0 Å². The number of anilines is 1. The van der Waals surface area contributed by atoms with Crippen LogP contribution in [0.2, 0.25) is 0 Å². The second kappa shape index (κ2) is 9.98. The molecule has 1 aromatic carbocycles. The number of fused-ring (bicyclic) bond motifs is 1. The molecule has 0 bridgehead atoms. The average molecular weight is 457 g/mol. The van der Waals surface area contributed by atoms with E-state index in [-0.39, 0.29) is 24.0 Å². The molecule has 1 aliphatic heterocycles. The van der Waals surface area contributed by atoms with Gasteiger partial charge < -0.3 is 14.6 Å². The summed E-state index contributed by atoms with van der Waals surface area (Å²) in [6, 6.07) is 12.5. The summed E-state index contributed by atoms with van der Waals surface area (Å²) in [7, 11) is 0. The van der Waals surface area contributed by atoms with Crippen molar-refractivity contribution in [3.05, 3.63) is 54.0 Å². The Morgan fingerprint density at radius 3 is 2.96 bits per heavy atom. The molecule has 3 rings (SSSR count). The number of guanidine groups is 1. The number of rotatable bonds is 6. The third kappa shape index (κ3) is 4.92. The van der Waals surface area contributed by atoms with Gasteiger partial charge in [-0.3, -0.25) is 4.99 Å². The molecule has 24 heavy (non-hydrogen) atoms. The third-order valence-corrected chi connectivity index (χ3v) is 4.53. The smallest absolute Gasteiger partial charge is 0.198 e. The van der Waals surface area contributed by atoms with E-state index in [0.29, 0.717) is 0 Å². The molecular weight excluding hydrogens is 433 g/mol. The fraction of sp³-hybridized carbons (Fsp3) is 0.389. The standard InChI is InChI=1S/C18H23N3OS.HI/c1-23-14-11-20-18(19-10-8-16-6-4-13-22-16)21-12-9-15-5-2-3-7-17(15)21;/h2-7,13H,8-12,14H2,1H3,(H,19,20);1H. The first-order valence-corrected chi connectivity index (χ1v) is 9.43. The molecule has 2 aromatic rings. The number of nitrogens with one attached hydrogen (secondary N) is 1. The molecular formula is C18H24IN3OS. The van der Waals surface area contributed by atoms with Gasteiger partial charge in [-0.05, 0) is 36.4 Å². The first-order chi connectivity index (χ1) is 11.4. The van der Waals surface area contributed by atoms with E-state index in [1.807, 2.05) is 23.9 Å². The molecule has 0 amide bonds. The number of para-hydroxylation sites is 1. The van der Waals surface area contributed by atoms with Crippen LogP contribution in [0, 0.1) is 0 Å². The Kier molecular flexibility index (Phi) is 7.98. The minimum atomic E-state index is 0. The summed E-state index contributed by atoms with van der Waals surface area (Å²) in [5.74, 6) is 3.03. The van der Waals surface area contributed by atoms with E-state index < -0.39 is 0 Å². The maximum Gasteiger partial charge on any atom is 0.198 e. The zero-order valence-corrected chi connectivity index (χ0v) is 17.1. The Bertz CT molecular complexity index is 645. The van der Waals surface area contributed by atoms with Crippen molar-refractivity contribution in [2.45, 2.75) is 12.8 Å². The number of halogens is 1. The fourth-order valence-electron chi connectivity index (χ4n) is 2.79. The maximum absolute atomic E-state index is 5.40. The van der Waals surface area contributed by atoms with Crippen molar-refractivity contribution in [3.8, 4) is 0 Å². The molecule has 1 aromatic heterocycles. The van der Waals surface area contributed by atoms with E-state index >= 15 is 0 Å². The molecule has 4 nitrogen and oxygen atoms in total. The van der Waals surface area contributed by atoms with Gasteiger partial charge in [0.15, 0.2) is 5.96 Å². The molecule has 0 fully saturated rings. The third-order valence-electron chi connectivity index (χ3n) is 3.93. The molecule has 1 aliphatic rings. The second-order valence-corrected chi connectivity index (χ2v) is 6.47. The van der Waals surface area contributed by atoms with Gasteiger partial charge in [-0.25, -0.2) is 0 Å². The molecule has 0 aliphatic carbocycles. The van der Waals surface area contributed by atoms with Gasteiger partial charge in [0.2, 0.25) is 0 Å². The van der Waals surface area contributed by atoms with Crippen molar-refractivity contribution in [1.82, 2.24) is 5.32 Å². The summed E-state index contributed by atoms with van der Waals surface area (Å²) in [4.78, 5) is 7.10. The average Bonchev–Trinajstić information content (AvgIpc) is 3.23. The number of thioether (sulfide) groups is 1. The largest absolute Gasteiger partial charge is 0.469 e. The van der Waals surface area contributed by atoms with Crippen LogP contribution >= 0.6 is 35.7 Å². The van der Waals surface area contributed by atoms with Crippen molar-refractivity contribution < 1.29 is 4.42 Å². The summed E-state index contributed by atoms with van der Waals surface area (Å²) in [6.07, 6.45) is 5.78. The second-order valence-electron chi connectivity index (χ2n) is 5.48. The highest BCUT2D eigenvalue weighted by molar-refractivity contribution is 14.0. The van der Waals surface area contributed by atoms with E-state index in [1.54, 1.807) is 6.26 Å². The lowest BCUT2D eigenvalue weighted by Gasteiger charge is -2.22. The molecule has 6 heteroatoms. The predicted octanol–water partition coefficient (Wildman–Crippen LogP) is 3.81. The van der Waals surface area contributed by atoms with Crippen molar-refractivity contribution in [3.63, 3.8) is 0 Å². The van der Waals surface area contributed by atoms with Crippen LogP contribution in [0.15, 0.2) is 52.1 Å². The minimum absolute atomic E-state index is 0. The van der Waals surface area contributed by atoms with E-state index in [0.717, 1.165) is 49.9 Å². The summed E-state index contributed by atoms with van der Waals surface area (Å²) < 4.78 is 5.40. The van der Waals surface area contributed by atoms with Crippen molar-refractivity contribution >= 4 is 47.4 Å². The van der Waals surface area contributed by atoms with Crippen LogP contribution in [0.3, 0.4) is 0 Å². The molecule has 0 atom stereocenters. The maximum atomic E-state index is 5.40. The first kappa shape index (κ1) is 19.2. The lowest BCUT2D eigenvalue weighted by molar-refractivity contribution is 0.507. The lowest BCUT2D eigenvalue weighted by Crippen LogP contribution is -2.41. The van der Waals surface area contributed by atoms with Gasteiger partial charge in [-0.1, -0.05) is 18.2 Å². The molecule has 130 valence electrons. The van der Waals surface area contributed by atoms with Crippen LogP contribution in [0.1, 0.15) is 11.3 Å². The summed E-state index contributed by atoms with van der Waals surface area (Å²) in [6.45, 7) is 2.65. The Hall–Kier alpha value is -1.15. The van der Waals surface area contributed by atoms with Gasteiger partial charge in [-0.2, -0.15) is 11.8 Å². The van der Waals surface area contributed by atoms with Gasteiger partial charge in [0.25, 0.3) is 0 Å². The minimum Gasteiger partial charge on any atom is -0.469 e. The summed E-state index contributed by atoms with van der Waals surface area (Å²) >= 11 is 1.83. The van der Waals surface area contributed by atoms with Crippen LogP contribution in [-0.2, 0) is 12.8 Å². The highest BCUT2D eigenvalue weighted by atomic mass is 127.